The van der Waals surface area contributed by atoms with Gasteiger partial charge in [-0.15, -0.1) is 0 Å². The van der Waals surface area contributed by atoms with E-state index in [0.29, 0.717) is 14.5 Å². The average Bonchev–Trinajstić information content (AvgIpc) is 3.65. The summed E-state index contributed by atoms with van der Waals surface area (Å²) < 4.78 is 8.26. The molecule has 0 aliphatic carbocycles. The van der Waals surface area contributed by atoms with Gasteiger partial charge < -0.3 is 0 Å². The molecule has 0 N–H and O–H groups in total. The summed E-state index contributed by atoms with van der Waals surface area (Å²) in [7, 11) is 0. The van der Waals surface area contributed by atoms with Crippen molar-refractivity contribution >= 4 is 114 Å². The number of nitrogens with zero attached hydrogens (tertiary/aromatic N) is 1. The SMILES string of the molecule is c1ccc2c(c1)[se]c1cc3c4cccc5c6cccc7sc8cccc(c9ccccc9n(c3cc12)c54)c8c76. The van der Waals surface area contributed by atoms with Gasteiger partial charge in [0.25, 0.3) is 0 Å². The van der Waals surface area contributed by atoms with Crippen molar-refractivity contribution in [2.24, 2.45) is 0 Å². The zero-order chi connectivity index (χ0) is 25.2. The molecule has 0 atom stereocenters. The first kappa shape index (κ1) is 20.8. The predicted octanol–water partition coefficient (Wildman–Crippen LogP) is 10.3. The monoisotopic (exact) mass is 577 g/mol. The van der Waals surface area contributed by atoms with Crippen molar-refractivity contribution in [3.8, 4) is 0 Å². The summed E-state index contributed by atoms with van der Waals surface area (Å²) in [4.78, 5) is 0. The molecule has 1 nitrogen and oxygen atoms in total. The van der Waals surface area contributed by atoms with Crippen LogP contribution in [-0.4, -0.2) is 18.9 Å². The van der Waals surface area contributed by atoms with Gasteiger partial charge in [-0.1, -0.05) is 0 Å². The number of fused-ring (bicyclic) bond motifs is 10. The maximum absolute atomic E-state index is 2.57. The van der Waals surface area contributed by atoms with Gasteiger partial charge in [0.15, 0.2) is 0 Å². The van der Waals surface area contributed by atoms with Gasteiger partial charge >= 0.3 is 234 Å². The Bertz CT molecular complexity index is 2670. The molecule has 0 spiro atoms. The topological polar surface area (TPSA) is 4.41 Å². The van der Waals surface area contributed by atoms with Gasteiger partial charge in [0.2, 0.25) is 0 Å². The molecule has 0 fully saturated rings. The third-order valence-electron chi connectivity index (χ3n) is 8.53. The summed E-state index contributed by atoms with van der Waals surface area (Å²) in [5.74, 6) is 0. The average molecular weight is 577 g/mol. The Morgan fingerprint density at radius 2 is 1.05 bits per heavy atom. The fourth-order valence-corrected chi connectivity index (χ4v) is 10.5. The minimum absolute atomic E-state index is 0.336. The zero-order valence-electron chi connectivity index (χ0n) is 20.7. The molecular formula is C36H19NSSe. The van der Waals surface area contributed by atoms with Gasteiger partial charge in [-0.3, -0.25) is 0 Å². The van der Waals surface area contributed by atoms with Crippen molar-refractivity contribution in [2.75, 3.05) is 0 Å². The third-order valence-corrected chi connectivity index (χ3v) is 12.0. The molecule has 0 amide bonds. The number of hydrogen-bond acceptors (Lipinski definition) is 1. The summed E-state index contributed by atoms with van der Waals surface area (Å²) in [5, 5.41) is 13.5. The predicted molar refractivity (Wildman–Crippen MR) is 172 cm³/mol. The van der Waals surface area contributed by atoms with E-state index in [0.717, 1.165) is 0 Å². The maximum atomic E-state index is 2.57. The molecular weight excluding hydrogens is 557 g/mol. The summed E-state index contributed by atoms with van der Waals surface area (Å²) in [6, 6.07) is 43.6. The van der Waals surface area contributed by atoms with E-state index in [1.165, 1.54) is 88.3 Å². The van der Waals surface area contributed by atoms with E-state index in [1.807, 2.05) is 11.3 Å². The van der Waals surface area contributed by atoms with Gasteiger partial charge in [0, 0.05) is 0 Å². The van der Waals surface area contributed by atoms with Crippen LogP contribution in [0.4, 0.5) is 0 Å². The van der Waals surface area contributed by atoms with E-state index in [4.69, 9.17) is 0 Å². The van der Waals surface area contributed by atoms with Crippen molar-refractivity contribution in [3.63, 3.8) is 0 Å². The summed E-state index contributed by atoms with van der Waals surface area (Å²) in [6.07, 6.45) is 0. The number of hydrogen-bond donors (Lipinski definition) is 0. The van der Waals surface area contributed by atoms with Crippen molar-refractivity contribution < 1.29 is 0 Å². The van der Waals surface area contributed by atoms with E-state index in [-0.39, 0.29) is 0 Å². The Hall–Kier alpha value is -4.14. The molecule has 39 heavy (non-hydrogen) atoms. The molecule has 0 bridgehead atoms. The van der Waals surface area contributed by atoms with Crippen molar-refractivity contribution in [1.82, 2.24) is 4.40 Å². The third kappa shape index (κ3) is 2.56. The van der Waals surface area contributed by atoms with E-state index < -0.39 is 0 Å². The van der Waals surface area contributed by atoms with Gasteiger partial charge in [-0.2, -0.15) is 0 Å². The van der Waals surface area contributed by atoms with Crippen LogP contribution in [-0.2, 0) is 0 Å². The van der Waals surface area contributed by atoms with Crippen LogP contribution in [0.15, 0.2) is 115 Å². The second-order valence-corrected chi connectivity index (χ2v) is 13.8. The number of benzene rings is 6. The number of thiophene rings is 1. The van der Waals surface area contributed by atoms with Gasteiger partial charge in [0.05, 0.1) is 0 Å². The molecule has 3 heteroatoms. The Labute approximate surface area is 232 Å². The Balaban J connectivity index is 1.63. The van der Waals surface area contributed by atoms with Crippen LogP contribution in [0.25, 0.3) is 88.3 Å². The second-order valence-electron chi connectivity index (χ2n) is 10.5. The van der Waals surface area contributed by atoms with Crippen LogP contribution < -0.4 is 0 Å². The van der Waals surface area contributed by atoms with Crippen LogP contribution in [0, 0.1) is 0 Å². The molecule has 0 saturated carbocycles. The first-order valence-corrected chi connectivity index (χ1v) is 15.8. The number of aromatic nitrogens is 1. The molecule has 0 aliphatic heterocycles. The molecule has 180 valence electrons. The standard InChI is InChI=1S/C36H19NSSe/c1-3-14-28-20(8-1)22-10-6-15-30-34(22)35-23(11-7-16-31(35)38-30)24-12-5-13-25-26-19-33-27(18-29(26)37(28)36(24)25)21-9-2-4-17-32(21)39-33/h1-19H. The van der Waals surface area contributed by atoms with Crippen molar-refractivity contribution in [3.05, 3.63) is 115 Å². The van der Waals surface area contributed by atoms with Crippen molar-refractivity contribution in [2.45, 2.75) is 0 Å². The van der Waals surface area contributed by atoms with Crippen LogP contribution in [0.1, 0.15) is 0 Å². The molecule has 10 aromatic rings. The Morgan fingerprint density at radius 1 is 0.436 bits per heavy atom. The second kappa shape index (κ2) is 7.28. The van der Waals surface area contributed by atoms with Crippen LogP contribution >= 0.6 is 11.3 Å². The van der Waals surface area contributed by atoms with Crippen LogP contribution in [0.3, 0.4) is 0 Å². The van der Waals surface area contributed by atoms with Crippen molar-refractivity contribution in [1.29, 1.82) is 0 Å². The summed E-state index contributed by atoms with van der Waals surface area (Å²) >= 11 is 2.24. The van der Waals surface area contributed by atoms with Gasteiger partial charge in [-0.25, -0.2) is 0 Å². The first-order valence-electron chi connectivity index (χ1n) is 13.3. The van der Waals surface area contributed by atoms with E-state index in [2.05, 4.69) is 120 Å². The molecule has 10 rings (SSSR count). The normalized spacial score (nSPS) is 12.6. The van der Waals surface area contributed by atoms with Gasteiger partial charge in [-0.05, 0) is 0 Å². The molecule has 4 heterocycles. The number of rotatable bonds is 0. The van der Waals surface area contributed by atoms with Crippen LogP contribution in [0.2, 0.25) is 0 Å². The summed E-state index contributed by atoms with van der Waals surface area (Å²) in [5.41, 5.74) is 3.85. The van der Waals surface area contributed by atoms with Gasteiger partial charge in [0.1, 0.15) is 0 Å². The van der Waals surface area contributed by atoms with E-state index in [1.54, 1.807) is 0 Å². The fourth-order valence-electron chi connectivity index (χ4n) is 6.96. The molecule has 0 unspecified atom stereocenters. The number of para-hydroxylation sites is 2. The first-order chi connectivity index (χ1) is 19.3. The Kier molecular flexibility index (Phi) is 3.88. The molecule has 0 aliphatic rings. The Morgan fingerprint density at radius 3 is 1.87 bits per heavy atom. The van der Waals surface area contributed by atoms with E-state index >= 15 is 0 Å². The molecule has 6 aromatic carbocycles. The van der Waals surface area contributed by atoms with Crippen LogP contribution in [0.5, 0.6) is 0 Å². The summed E-state index contributed by atoms with van der Waals surface area (Å²) in [6.45, 7) is 0. The molecule has 0 radical (unpaired) electrons. The molecule has 4 aromatic heterocycles. The fraction of sp³-hybridized carbons (Fsp3) is 0. The van der Waals surface area contributed by atoms with E-state index in [9.17, 15) is 0 Å². The molecule has 0 saturated heterocycles. The zero-order valence-corrected chi connectivity index (χ0v) is 23.3. The quantitative estimate of drug-likeness (QED) is 0.158. The minimum atomic E-state index is 0.336.